The monoisotopic (exact) mass is 480 g/mol. The second-order valence-electron chi connectivity index (χ2n) is 8.45. The molecule has 170 valence electrons. The van der Waals surface area contributed by atoms with Gasteiger partial charge in [0.1, 0.15) is 0 Å². The normalized spacial score (nSPS) is 15.4. The summed E-state index contributed by atoms with van der Waals surface area (Å²) in [5, 5.41) is 4.54. The lowest BCUT2D eigenvalue weighted by molar-refractivity contribution is -0.117. The fourth-order valence-electron chi connectivity index (χ4n) is 4.29. The summed E-state index contributed by atoms with van der Waals surface area (Å²) < 4.78 is 0. The molecule has 0 aromatic heterocycles. The SMILES string of the molecule is C[C@@H](NC(=O)c1cccc(N2CCCC2=O)c1)[C@H](Cc1ccc(Cl)cc1)c1ccc(Cl)cc1. The highest BCUT2D eigenvalue weighted by atomic mass is 35.5. The molecular weight excluding hydrogens is 455 g/mol. The van der Waals surface area contributed by atoms with Crippen LogP contribution in [0.15, 0.2) is 72.8 Å². The van der Waals surface area contributed by atoms with E-state index in [9.17, 15) is 9.59 Å². The Morgan fingerprint density at radius 1 is 1.00 bits per heavy atom. The van der Waals surface area contributed by atoms with Crippen molar-refractivity contribution < 1.29 is 9.59 Å². The molecule has 33 heavy (non-hydrogen) atoms. The lowest BCUT2D eigenvalue weighted by Gasteiger charge is -2.26. The molecule has 2 atom stereocenters. The van der Waals surface area contributed by atoms with E-state index in [2.05, 4.69) is 5.32 Å². The van der Waals surface area contributed by atoms with Gasteiger partial charge in [0.2, 0.25) is 5.91 Å². The van der Waals surface area contributed by atoms with Crippen LogP contribution < -0.4 is 10.2 Å². The molecule has 4 nitrogen and oxygen atoms in total. The third-order valence-corrected chi connectivity index (χ3v) is 6.63. The van der Waals surface area contributed by atoms with E-state index in [0.717, 1.165) is 29.7 Å². The number of hydrogen-bond donors (Lipinski definition) is 1. The summed E-state index contributed by atoms with van der Waals surface area (Å²) in [5.41, 5.74) is 3.54. The van der Waals surface area contributed by atoms with Gasteiger partial charge in [0, 0.05) is 46.2 Å². The number of carbonyl (C=O) groups excluding carboxylic acids is 2. The molecule has 2 amide bonds. The van der Waals surface area contributed by atoms with E-state index in [1.54, 1.807) is 17.0 Å². The molecule has 0 saturated carbocycles. The molecule has 3 aromatic rings. The first-order chi connectivity index (χ1) is 15.9. The summed E-state index contributed by atoms with van der Waals surface area (Å²) in [6, 6.07) is 22.7. The molecule has 0 radical (unpaired) electrons. The summed E-state index contributed by atoms with van der Waals surface area (Å²) in [4.78, 5) is 27.0. The molecule has 1 saturated heterocycles. The van der Waals surface area contributed by atoms with Crippen LogP contribution in [-0.2, 0) is 11.2 Å². The molecule has 3 aromatic carbocycles. The van der Waals surface area contributed by atoms with Crippen molar-refractivity contribution in [1.82, 2.24) is 5.32 Å². The average molecular weight is 481 g/mol. The minimum Gasteiger partial charge on any atom is -0.349 e. The maximum absolute atomic E-state index is 13.1. The average Bonchev–Trinajstić information content (AvgIpc) is 3.25. The van der Waals surface area contributed by atoms with Gasteiger partial charge in [-0.2, -0.15) is 0 Å². The van der Waals surface area contributed by atoms with Crippen LogP contribution in [0.5, 0.6) is 0 Å². The van der Waals surface area contributed by atoms with E-state index in [0.29, 0.717) is 28.6 Å². The van der Waals surface area contributed by atoms with Crippen LogP contribution in [0.1, 0.15) is 47.2 Å². The van der Waals surface area contributed by atoms with Crippen molar-refractivity contribution >= 4 is 40.7 Å². The fourth-order valence-corrected chi connectivity index (χ4v) is 4.55. The highest BCUT2D eigenvalue weighted by molar-refractivity contribution is 6.30. The maximum atomic E-state index is 13.1. The summed E-state index contributed by atoms with van der Waals surface area (Å²) in [5.74, 6) is -0.0199. The summed E-state index contributed by atoms with van der Waals surface area (Å²) in [6.07, 6.45) is 2.14. The van der Waals surface area contributed by atoms with E-state index in [1.165, 1.54) is 0 Å². The lowest BCUT2D eigenvalue weighted by Crippen LogP contribution is -2.38. The van der Waals surface area contributed by atoms with Crippen LogP contribution in [0.4, 0.5) is 5.69 Å². The molecule has 1 aliphatic heterocycles. The van der Waals surface area contributed by atoms with Crippen molar-refractivity contribution in [3.05, 3.63) is 99.5 Å². The van der Waals surface area contributed by atoms with E-state index < -0.39 is 0 Å². The lowest BCUT2D eigenvalue weighted by atomic mass is 9.86. The second-order valence-corrected chi connectivity index (χ2v) is 9.32. The molecule has 1 aliphatic rings. The van der Waals surface area contributed by atoms with Crippen molar-refractivity contribution in [1.29, 1.82) is 0 Å². The molecule has 1 heterocycles. The number of benzene rings is 3. The Bertz CT molecular complexity index is 1130. The molecule has 0 spiro atoms. The predicted octanol–water partition coefficient (Wildman–Crippen LogP) is 6.27. The number of halogens is 2. The van der Waals surface area contributed by atoms with Crippen molar-refractivity contribution in [2.75, 3.05) is 11.4 Å². The van der Waals surface area contributed by atoms with Crippen molar-refractivity contribution in [2.45, 2.75) is 38.1 Å². The number of nitrogens with one attached hydrogen (secondary N) is 1. The van der Waals surface area contributed by atoms with Gasteiger partial charge in [-0.05, 0) is 73.4 Å². The van der Waals surface area contributed by atoms with Crippen molar-refractivity contribution in [3.8, 4) is 0 Å². The van der Waals surface area contributed by atoms with Gasteiger partial charge in [0.15, 0.2) is 0 Å². The highest BCUT2D eigenvalue weighted by Crippen LogP contribution is 2.27. The fraction of sp³-hybridized carbons (Fsp3) is 0.259. The Kier molecular flexibility index (Phi) is 7.36. The Morgan fingerprint density at radius 2 is 1.67 bits per heavy atom. The van der Waals surface area contributed by atoms with Crippen LogP contribution in [0.25, 0.3) is 0 Å². The Balaban J connectivity index is 1.54. The van der Waals surface area contributed by atoms with Crippen LogP contribution in [-0.4, -0.2) is 24.4 Å². The largest absolute Gasteiger partial charge is 0.349 e. The smallest absolute Gasteiger partial charge is 0.251 e. The number of rotatable bonds is 7. The molecule has 1 N–H and O–H groups in total. The molecule has 4 rings (SSSR count). The first kappa shape index (κ1) is 23.3. The zero-order chi connectivity index (χ0) is 23.4. The van der Waals surface area contributed by atoms with Gasteiger partial charge in [-0.3, -0.25) is 9.59 Å². The minimum absolute atomic E-state index is 0.0377. The Morgan fingerprint density at radius 3 is 2.30 bits per heavy atom. The third kappa shape index (κ3) is 5.76. The number of carbonyl (C=O) groups is 2. The van der Waals surface area contributed by atoms with Gasteiger partial charge < -0.3 is 10.2 Å². The topological polar surface area (TPSA) is 49.4 Å². The van der Waals surface area contributed by atoms with Crippen LogP contribution in [0.3, 0.4) is 0 Å². The zero-order valence-corrected chi connectivity index (χ0v) is 19.9. The van der Waals surface area contributed by atoms with Gasteiger partial charge in [-0.15, -0.1) is 0 Å². The summed E-state index contributed by atoms with van der Waals surface area (Å²) >= 11 is 12.2. The minimum atomic E-state index is -0.161. The number of nitrogens with zero attached hydrogens (tertiary/aromatic N) is 1. The number of hydrogen-bond acceptors (Lipinski definition) is 2. The van der Waals surface area contributed by atoms with Crippen LogP contribution in [0.2, 0.25) is 10.0 Å². The first-order valence-electron chi connectivity index (χ1n) is 11.1. The van der Waals surface area contributed by atoms with Crippen molar-refractivity contribution in [2.24, 2.45) is 0 Å². The molecular formula is C27H26Cl2N2O2. The molecule has 6 heteroatoms. The van der Waals surface area contributed by atoms with Gasteiger partial charge in [-0.1, -0.05) is 53.5 Å². The number of amides is 2. The summed E-state index contributed by atoms with van der Waals surface area (Å²) in [7, 11) is 0. The second kappa shape index (κ2) is 10.4. The van der Waals surface area contributed by atoms with Crippen LogP contribution >= 0.6 is 23.2 Å². The molecule has 1 fully saturated rings. The van der Waals surface area contributed by atoms with Gasteiger partial charge in [0.25, 0.3) is 5.91 Å². The van der Waals surface area contributed by atoms with E-state index in [1.807, 2.05) is 67.6 Å². The highest BCUT2D eigenvalue weighted by Gasteiger charge is 2.24. The quantitative estimate of drug-likeness (QED) is 0.433. The summed E-state index contributed by atoms with van der Waals surface area (Å²) in [6.45, 7) is 2.71. The van der Waals surface area contributed by atoms with E-state index in [-0.39, 0.29) is 23.8 Å². The molecule has 0 bridgehead atoms. The third-order valence-electron chi connectivity index (χ3n) is 6.12. The maximum Gasteiger partial charge on any atom is 0.251 e. The van der Waals surface area contributed by atoms with E-state index >= 15 is 0 Å². The molecule has 0 unspecified atom stereocenters. The predicted molar refractivity (Wildman–Crippen MR) is 134 cm³/mol. The van der Waals surface area contributed by atoms with Crippen molar-refractivity contribution in [3.63, 3.8) is 0 Å². The van der Waals surface area contributed by atoms with E-state index in [4.69, 9.17) is 23.2 Å². The Hall–Kier alpha value is -2.82. The Labute approximate surface area is 204 Å². The van der Waals surface area contributed by atoms with Gasteiger partial charge >= 0.3 is 0 Å². The number of anilines is 1. The van der Waals surface area contributed by atoms with Gasteiger partial charge in [-0.25, -0.2) is 0 Å². The van der Waals surface area contributed by atoms with Gasteiger partial charge in [0.05, 0.1) is 0 Å². The zero-order valence-electron chi connectivity index (χ0n) is 18.4. The molecule has 0 aliphatic carbocycles. The van der Waals surface area contributed by atoms with Crippen LogP contribution in [0, 0.1) is 0 Å². The first-order valence-corrected chi connectivity index (χ1v) is 11.9. The standard InChI is InChI=1S/C27H26Cl2N2O2/c1-18(30-27(33)21-4-2-5-24(17-21)31-15-3-6-26(31)32)25(20-9-13-23(29)14-10-20)16-19-7-11-22(28)12-8-19/h2,4-5,7-14,17-18,25H,3,6,15-16H2,1H3,(H,30,33)/t18-,25+/m1/s1.